The number of hydrogen-bond acceptors (Lipinski definition) is 3. The van der Waals surface area contributed by atoms with E-state index in [-0.39, 0.29) is 11.9 Å². The predicted octanol–water partition coefficient (Wildman–Crippen LogP) is 3.46. The largest absolute Gasteiger partial charge is 0.335 e. The molecule has 0 heterocycles. The molecule has 110 valence electrons. The average Bonchev–Trinajstić information content (AvgIpc) is 2.53. The van der Waals surface area contributed by atoms with E-state index in [9.17, 15) is 4.79 Å². The van der Waals surface area contributed by atoms with Gasteiger partial charge in [-0.05, 0) is 48.9 Å². The first-order valence-corrected chi connectivity index (χ1v) is 7.00. The molecule has 0 aliphatic heterocycles. The Morgan fingerprint density at radius 1 is 1.24 bits per heavy atom. The number of carbonyl (C=O) groups is 1. The molecular weight excluding hydrogens is 286 g/mol. The lowest BCUT2D eigenvalue weighted by Crippen LogP contribution is -2.29. The lowest BCUT2D eigenvalue weighted by atomic mass is 10.1. The zero-order valence-corrected chi connectivity index (χ0v) is 12.8. The Morgan fingerprint density at radius 2 is 1.90 bits per heavy atom. The summed E-state index contributed by atoms with van der Waals surface area (Å²) in [4.78, 5) is 14.2. The Kier molecular flexibility index (Phi) is 4.83. The van der Waals surface area contributed by atoms with Crippen LogP contribution in [0.1, 0.15) is 28.9 Å². The quantitative estimate of drug-likeness (QED) is 0.672. The molecule has 2 rings (SSSR count). The molecule has 0 spiro atoms. The molecule has 0 fully saturated rings. The van der Waals surface area contributed by atoms with Crippen molar-refractivity contribution >= 4 is 23.2 Å². The average molecular weight is 304 g/mol. The second-order valence-corrected chi connectivity index (χ2v) is 5.31. The molecule has 1 unspecified atom stereocenters. The molecule has 0 aromatic heterocycles. The fourth-order valence-corrected chi connectivity index (χ4v) is 2.28. The number of anilines is 1. The van der Waals surface area contributed by atoms with Crippen LogP contribution in [0.2, 0.25) is 5.02 Å². The van der Waals surface area contributed by atoms with Crippen LogP contribution in [0.4, 0.5) is 5.69 Å². The number of benzene rings is 2. The van der Waals surface area contributed by atoms with Gasteiger partial charge < -0.3 is 10.3 Å². The van der Waals surface area contributed by atoms with Gasteiger partial charge in [-0.15, -0.1) is 0 Å². The van der Waals surface area contributed by atoms with Crippen LogP contribution in [0.5, 0.6) is 0 Å². The Labute approximate surface area is 129 Å². The minimum Gasteiger partial charge on any atom is -0.335 e. The van der Waals surface area contributed by atoms with Crippen molar-refractivity contribution in [3.8, 4) is 0 Å². The number of hydrazine groups is 1. The van der Waals surface area contributed by atoms with Gasteiger partial charge in [-0.25, -0.2) is 0 Å². The van der Waals surface area contributed by atoms with Crippen LogP contribution < -0.4 is 11.3 Å². The van der Waals surface area contributed by atoms with E-state index < -0.39 is 0 Å². The predicted molar refractivity (Wildman–Crippen MR) is 86.2 cm³/mol. The first-order chi connectivity index (χ1) is 10.0. The van der Waals surface area contributed by atoms with E-state index in [4.69, 9.17) is 17.4 Å². The van der Waals surface area contributed by atoms with E-state index in [1.165, 1.54) is 0 Å². The molecule has 0 radical (unpaired) electrons. The Balaban J connectivity index is 2.17. The summed E-state index contributed by atoms with van der Waals surface area (Å²) in [6.45, 7) is 1.97. The molecule has 0 saturated carbocycles. The number of nitrogens with zero attached hydrogens (tertiary/aromatic N) is 1. The lowest BCUT2D eigenvalue weighted by molar-refractivity contribution is 0.0742. The van der Waals surface area contributed by atoms with Gasteiger partial charge in [0.25, 0.3) is 5.91 Å². The van der Waals surface area contributed by atoms with E-state index in [1.54, 1.807) is 36.2 Å². The van der Waals surface area contributed by atoms with Gasteiger partial charge >= 0.3 is 0 Å². The molecule has 1 atom stereocenters. The molecule has 5 heteroatoms. The van der Waals surface area contributed by atoms with E-state index in [0.29, 0.717) is 10.6 Å². The Bertz CT molecular complexity index is 628. The Morgan fingerprint density at radius 3 is 2.48 bits per heavy atom. The standard InChI is InChI=1S/C16H18ClN3O/c1-11(13-4-3-5-14(17)10-13)20(2)16(21)12-6-8-15(19-18)9-7-12/h3-11,19H,18H2,1-2H3. The molecule has 3 N–H and O–H groups in total. The topological polar surface area (TPSA) is 58.4 Å². The number of nitrogen functional groups attached to an aromatic ring is 1. The normalized spacial score (nSPS) is 11.8. The molecule has 0 bridgehead atoms. The number of nitrogens with two attached hydrogens (primary N) is 1. The maximum atomic E-state index is 12.5. The van der Waals surface area contributed by atoms with Crippen LogP contribution >= 0.6 is 11.6 Å². The summed E-state index contributed by atoms with van der Waals surface area (Å²) in [6.07, 6.45) is 0. The number of hydrogen-bond donors (Lipinski definition) is 2. The van der Waals surface area contributed by atoms with Crippen LogP contribution in [-0.4, -0.2) is 17.9 Å². The zero-order chi connectivity index (χ0) is 15.4. The van der Waals surface area contributed by atoms with Crippen LogP contribution in [0, 0.1) is 0 Å². The van der Waals surface area contributed by atoms with Crippen molar-refractivity contribution in [2.45, 2.75) is 13.0 Å². The van der Waals surface area contributed by atoms with Crippen molar-refractivity contribution in [1.29, 1.82) is 0 Å². The molecule has 4 nitrogen and oxygen atoms in total. The Hall–Kier alpha value is -2.04. The summed E-state index contributed by atoms with van der Waals surface area (Å²) < 4.78 is 0. The van der Waals surface area contributed by atoms with Crippen molar-refractivity contribution in [3.05, 3.63) is 64.7 Å². The molecule has 2 aromatic rings. The molecule has 2 aromatic carbocycles. The van der Waals surface area contributed by atoms with Gasteiger partial charge in [0.05, 0.1) is 6.04 Å². The number of rotatable bonds is 4. The van der Waals surface area contributed by atoms with Crippen LogP contribution in [0.25, 0.3) is 0 Å². The van der Waals surface area contributed by atoms with Crippen LogP contribution in [0.3, 0.4) is 0 Å². The molecule has 0 aliphatic carbocycles. The highest BCUT2D eigenvalue weighted by Crippen LogP contribution is 2.23. The first-order valence-electron chi connectivity index (χ1n) is 6.62. The smallest absolute Gasteiger partial charge is 0.254 e. The third-order valence-corrected chi connectivity index (χ3v) is 3.77. The van der Waals surface area contributed by atoms with Crippen molar-refractivity contribution in [3.63, 3.8) is 0 Å². The van der Waals surface area contributed by atoms with Crippen molar-refractivity contribution in [2.75, 3.05) is 12.5 Å². The summed E-state index contributed by atoms with van der Waals surface area (Å²) >= 11 is 6.00. The van der Waals surface area contributed by atoms with E-state index >= 15 is 0 Å². The highest BCUT2D eigenvalue weighted by Gasteiger charge is 2.19. The summed E-state index contributed by atoms with van der Waals surface area (Å²) in [5.74, 6) is 5.27. The fourth-order valence-electron chi connectivity index (χ4n) is 2.08. The summed E-state index contributed by atoms with van der Waals surface area (Å²) in [7, 11) is 1.78. The highest BCUT2D eigenvalue weighted by atomic mass is 35.5. The van der Waals surface area contributed by atoms with Gasteiger partial charge in [-0.3, -0.25) is 10.6 Å². The summed E-state index contributed by atoms with van der Waals surface area (Å²) in [5, 5.41) is 0.665. The number of amides is 1. The lowest BCUT2D eigenvalue weighted by Gasteiger charge is -2.25. The van der Waals surface area contributed by atoms with E-state index in [1.807, 2.05) is 31.2 Å². The fraction of sp³-hybridized carbons (Fsp3) is 0.188. The van der Waals surface area contributed by atoms with Crippen LogP contribution in [0.15, 0.2) is 48.5 Å². The molecule has 0 aliphatic rings. The second kappa shape index (κ2) is 6.61. The minimum atomic E-state index is -0.0662. The van der Waals surface area contributed by atoms with E-state index in [0.717, 1.165) is 11.3 Å². The van der Waals surface area contributed by atoms with Crippen molar-refractivity contribution < 1.29 is 4.79 Å². The molecule has 1 amide bonds. The van der Waals surface area contributed by atoms with Crippen LogP contribution in [-0.2, 0) is 0 Å². The zero-order valence-electron chi connectivity index (χ0n) is 12.0. The van der Waals surface area contributed by atoms with Gasteiger partial charge in [0.15, 0.2) is 0 Å². The number of carbonyl (C=O) groups excluding carboxylic acids is 1. The molecular formula is C16H18ClN3O. The van der Waals surface area contributed by atoms with Gasteiger partial charge in [-0.1, -0.05) is 23.7 Å². The molecule has 0 saturated heterocycles. The second-order valence-electron chi connectivity index (χ2n) is 4.87. The van der Waals surface area contributed by atoms with Crippen molar-refractivity contribution in [2.24, 2.45) is 5.84 Å². The third-order valence-electron chi connectivity index (χ3n) is 3.53. The van der Waals surface area contributed by atoms with Gasteiger partial charge in [0.2, 0.25) is 0 Å². The van der Waals surface area contributed by atoms with E-state index in [2.05, 4.69) is 5.43 Å². The minimum absolute atomic E-state index is 0.0500. The SMILES string of the molecule is CC(c1cccc(Cl)c1)N(C)C(=O)c1ccc(NN)cc1. The summed E-state index contributed by atoms with van der Waals surface area (Å²) in [5.41, 5.74) is 4.91. The van der Waals surface area contributed by atoms with Gasteiger partial charge in [-0.2, -0.15) is 0 Å². The maximum absolute atomic E-state index is 12.5. The van der Waals surface area contributed by atoms with Gasteiger partial charge in [0.1, 0.15) is 0 Å². The highest BCUT2D eigenvalue weighted by molar-refractivity contribution is 6.30. The number of nitrogens with one attached hydrogen (secondary N) is 1. The first kappa shape index (κ1) is 15.4. The van der Waals surface area contributed by atoms with Gasteiger partial charge in [0, 0.05) is 23.3 Å². The number of halogens is 1. The molecule has 21 heavy (non-hydrogen) atoms. The monoisotopic (exact) mass is 303 g/mol. The van der Waals surface area contributed by atoms with Crippen molar-refractivity contribution in [1.82, 2.24) is 4.90 Å². The maximum Gasteiger partial charge on any atom is 0.254 e. The third kappa shape index (κ3) is 3.54. The summed E-state index contributed by atoms with van der Waals surface area (Å²) in [6, 6.07) is 14.5.